The van der Waals surface area contributed by atoms with Crippen LogP contribution < -0.4 is 10.4 Å². The average Bonchev–Trinajstić information content (AvgIpc) is 2.48. The molecule has 1 fully saturated rings. The molecule has 0 saturated carbocycles. The van der Waals surface area contributed by atoms with Gasteiger partial charge in [0, 0.05) is 30.1 Å². The van der Waals surface area contributed by atoms with Crippen molar-refractivity contribution in [2.24, 2.45) is 0 Å². The number of likely N-dealkylation sites (tertiary alicyclic amines) is 1. The van der Waals surface area contributed by atoms with Gasteiger partial charge in [0.15, 0.2) is 0 Å². The molecule has 2 heterocycles. The van der Waals surface area contributed by atoms with Gasteiger partial charge in [0.1, 0.15) is 17.9 Å². The molecule has 1 unspecified atom stereocenters. The topological polar surface area (TPSA) is 42.7 Å². The quantitative estimate of drug-likeness (QED) is 0.812. The van der Waals surface area contributed by atoms with E-state index in [9.17, 15) is 4.79 Å². The molecule has 1 aliphatic heterocycles. The Balaban J connectivity index is 1.65. The highest BCUT2D eigenvalue weighted by Crippen LogP contribution is 2.22. The Bertz CT molecular complexity index is 707. The highest BCUT2D eigenvalue weighted by Gasteiger charge is 2.17. The summed E-state index contributed by atoms with van der Waals surface area (Å²) in [6, 6.07) is 7.86. The number of rotatable bonds is 4. The van der Waals surface area contributed by atoms with E-state index in [0.717, 1.165) is 29.8 Å². The van der Waals surface area contributed by atoms with Crippen LogP contribution in [0, 0.1) is 6.92 Å². The molecular weight excluding hydrogens is 278 g/mol. The maximum Gasteiger partial charge on any atom is 0.336 e. The fourth-order valence-electron chi connectivity index (χ4n) is 3.17. The summed E-state index contributed by atoms with van der Waals surface area (Å²) in [5, 5.41) is 0.955. The van der Waals surface area contributed by atoms with E-state index in [-0.39, 0.29) is 5.63 Å². The van der Waals surface area contributed by atoms with Gasteiger partial charge in [-0.3, -0.25) is 4.90 Å². The van der Waals surface area contributed by atoms with Crippen molar-refractivity contribution < 1.29 is 9.15 Å². The molecule has 3 rings (SSSR count). The molecule has 0 radical (unpaired) electrons. The Kier molecular flexibility index (Phi) is 4.48. The van der Waals surface area contributed by atoms with E-state index in [0.29, 0.717) is 18.2 Å². The maximum atomic E-state index is 11.5. The lowest BCUT2D eigenvalue weighted by atomic mass is 10.0. The van der Waals surface area contributed by atoms with Gasteiger partial charge in [-0.15, -0.1) is 0 Å². The second-order valence-corrected chi connectivity index (χ2v) is 6.14. The lowest BCUT2D eigenvalue weighted by Gasteiger charge is -2.33. The molecule has 1 atom stereocenters. The highest BCUT2D eigenvalue weighted by atomic mass is 16.5. The van der Waals surface area contributed by atoms with Gasteiger partial charge in [-0.1, -0.05) is 6.42 Å². The summed E-state index contributed by atoms with van der Waals surface area (Å²) in [7, 11) is 0. The van der Waals surface area contributed by atoms with Gasteiger partial charge in [0.05, 0.1) is 0 Å². The van der Waals surface area contributed by atoms with Crippen molar-refractivity contribution in [3.63, 3.8) is 0 Å². The number of ether oxygens (including phenoxy) is 1. The van der Waals surface area contributed by atoms with E-state index in [4.69, 9.17) is 9.15 Å². The molecule has 0 aliphatic carbocycles. The number of nitrogens with zero attached hydrogens (tertiary/aromatic N) is 1. The van der Waals surface area contributed by atoms with Crippen LogP contribution in [0.3, 0.4) is 0 Å². The van der Waals surface area contributed by atoms with E-state index < -0.39 is 0 Å². The molecule has 0 amide bonds. The zero-order valence-corrected chi connectivity index (χ0v) is 13.3. The van der Waals surface area contributed by atoms with Crippen LogP contribution in [0.5, 0.6) is 5.75 Å². The second kappa shape index (κ2) is 6.53. The molecule has 4 heteroatoms. The molecule has 22 heavy (non-hydrogen) atoms. The standard InChI is InChI=1S/C18H23NO3/c1-13-11-18(20)22-17-12-15(6-7-16(13)17)21-10-9-19-8-4-3-5-14(19)2/h6-7,11-12,14H,3-5,8-10H2,1-2H3. The number of aryl methyl sites for hydroxylation is 1. The largest absolute Gasteiger partial charge is 0.492 e. The molecule has 4 nitrogen and oxygen atoms in total. The molecular formula is C18H23NO3. The fraction of sp³-hybridized carbons (Fsp3) is 0.500. The first-order chi connectivity index (χ1) is 10.6. The summed E-state index contributed by atoms with van der Waals surface area (Å²) >= 11 is 0. The van der Waals surface area contributed by atoms with E-state index in [1.807, 2.05) is 25.1 Å². The summed E-state index contributed by atoms with van der Waals surface area (Å²) < 4.78 is 11.1. The molecule has 2 aromatic rings. The Morgan fingerprint density at radius 1 is 1.32 bits per heavy atom. The molecule has 1 aromatic heterocycles. The Morgan fingerprint density at radius 3 is 3.00 bits per heavy atom. The Labute approximate surface area is 130 Å². The van der Waals surface area contributed by atoms with E-state index in [2.05, 4.69) is 11.8 Å². The molecule has 1 aromatic carbocycles. The zero-order chi connectivity index (χ0) is 15.5. The van der Waals surface area contributed by atoms with Crippen molar-refractivity contribution in [1.82, 2.24) is 4.90 Å². The lowest BCUT2D eigenvalue weighted by Crippen LogP contribution is -2.39. The number of fused-ring (bicyclic) bond motifs is 1. The van der Waals surface area contributed by atoms with Crippen LogP contribution >= 0.6 is 0 Å². The minimum Gasteiger partial charge on any atom is -0.492 e. The zero-order valence-electron chi connectivity index (χ0n) is 13.3. The predicted octanol–water partition coefficient (Wildman–Crippen LogP) is 3.35. The van der Waals surface area contributed by atoms with Crippen LogP contribution in [-0.4, -0.2) is 30.6 Å². The number of benzene rings is 1. The van der Waals surface area contributed by atoms with Gasteiger partial charge in [-0.25, -0.2) is 4.79 Å². The molecule has 1 saturated heterocycles. The van der Waals surface area contributed by atoms with Crippen LogP contribution in [0.2, 0.25) is 0 Å². The predicted molar refractivity (Wildman–Crippen MR) is 87.6 cm³/mol. The van der Waals surface area contributed by atoms with Gasteiger partial charge in [0.25, 0.3) is 0 Å². The maximum absolute atomic E-state index is 11.5. The summed E-state index contributed by atoms with van der Waals surface area (Å²) in [6.45, 7) is 6.96. The third-order valence-electron chi connectivity index (χ3n) is 4.51. The monoisotopic (exact) mass is 301 g/mol. The second-order valence-electron chi connectivity index (χ2n) is 6.14. The highest BCUT2D eigenvalue weighted by molar-refractivity contribution is 5.81. The first-order valence-electron chi connectivity index (χ1n) is 8.05. The van der Waals surface area contributed by atoms with Crippen molar-refractivity contribution >= 4 is 11.0 Å². The van der Waals surface area contributed by atoms with E-state index in [1.54, 1.807) is 0 Å². The third kappa shape index (κ3) is 3.33. The van der Waals surface area contributed by atoms with E-state index >= 15 is 0 Å². The average molecular weight is 301 g/mol. The summed E-state index contributed by atoms with van der Waals surface area (Å²) in [5.74, 6) is 0.755. The first-order valence-corrected chi connectivity index (χ1v) is 8.05. The van der Waals surface area contributed by atoms with Crippen LogP contribution in [0.1, 0.15) is 31.7 Å². The van der Waals surface area contributed by atoms with Gasteiger partial charge >= 0.3 is 5.63 Å². The summed E-state index contributed by atoms with van der Waals surface area (Å²) in [5.41, 5.74) is 1.21. The number of piperidine rings is 1. The van der Waals surface area contributed by atoms with Gasteiger partial charge in [0.2, 0.25) is 0 Å². The first kappa shape index (κ1) is 15.1. The van der Waals surface area contributed by atoms with Crippen molar-refractivity contribution in [3.8, 4) is 5.75 Å². The Hall–Kier alpha value is -1.81. The smallest absolute Gasteiger partial charge is 0.336 e. The minimum absolute atomic E-state index is 0.315. The van der Waals surface area contributed by atoms with Crippen molar-refractivity contribution in [3.05, 3.63) is 40.2 Å². The van der Waals surface area contributed by atoms with Crippen molar-refractivity contribution in [2.75, 3.05) is 19.7 Å². The van der Waals surface area contributed by atoms with Gasteiger partial charge in [-0.05, 0) is 50.9 Å². The summed E-state index contributed by atoms with van der Waals surface area (Å²) in [6.07, 6.45) is 3.90. The Morgan fingerprint density at radius 2 is 2.18 bits per heavy atom. The number of hydrogen-bond donors (Lipinski definition) is 0. The van der Waals surface area contributed by atoms with Gasteiger partial charge < -0.3 is 9.15 Å². The third-order valence-corrected chi connectivity index (χ3v) is 4.51. The van der Waals surface area contributed by atoms with Crippen LogP contribution in [0.4, 0.5) is 0 Å². The molecule has 1 aliphatic rings. The van der Waals surface area contributed by atoms with Crippen LogP contribution in [0.25, 0.3) is 11.0 Å². The summed E-state index contributed by atoms with van der Waals surface area (Å²) in [4.78, 5) is 13.9. The van der Waals surface area contributed by atoms with E-state index in [1.165, 1.54) is 25.3 Å². The van der Waals surface area contributed by atoms with Crippen LogP contribution in [-0.2, 0) is 0 Å². The fourth-order valence-corrected chi connectivity index (χ4v) is 3.17. The molecule has 0 N–H and O–H groups in total. The normalized spacial score (nSPS) is 19.5. The minimum atomic E-state index is -0.315. The molecule has 118 valence electrons. The van der Waals surface area contributed by atoms with Crippen molar-refractivity contribution in [2.45, 2.75) is 39.2 Å². The van der Waals surface area contributed by atoms with Crippen molar-refractivity contribution in [1.29, 1.82) is 0 Å². The van der Waals surface area contributed by atoms with Gasteiger partial charge in [-0.2, -0.15) is 0 Å². The number of hydrogen-bond acceptors (Lipinski definition) is 4. The SMILES string of the molecule is Cc1cc(=O)oc2cc(OCCN3CCCCC3C)ccc12. The molecule has 0 spiro atoms. The van der Waals surface area contributed by atoms with Crippen LogP contribution in [0.15, 0.2) is 33.5 Å². The molecule has 0 bridgehead atoms. The lowest BCUT2D eigenvalue weighted by molar-refractivity contribution is 0.133.